The number of aromatic nitrogens is 1. The standard InChI is InChI=1S/C16H26N2S/c1-10-14(19-9-17-10)11(2)18-13-8-12-6-7-16(13,5)15(12,3)4/h9,11-13,18H,6-8H2,1-5H3. The monoisotopic (exact) mass is 278 g/mol. The minimum absolute atomic E-state index is 0.435. The summed E-state index contributed by atoms with van der Waals surface area (Å²) in [5.41, 5.74) is 4.12. The molecule has 0 aliphatic heterocycles. The van der Waals surface area contributed by atoms with Crippen molar-refractivity contribution in [2.45, 2.75) is 66.0 Å². The maximum absolute atomic E-state index is 4.38. The first kappa shape index (κ1) is 13.6. The highest BCUT2D eigenvalue weighted by Gasteiger charge is 2.61. The molecule has 0 amide bonds. The summed E-state index contributed by atoms with van der Waals surface area (Å²) < 4.78 is 0. The number of rotatable bonds is 3. The lowest BCUT2D eigenvalue weighted by atomic mass is 9.69. The van der Waals surface area contributed by atoms with E-state index in [0.29, 0.717) is 22.9 Å². The summed E-state index contributed by atoms with van der Waals surface area (Å²) in [4.78, 5) is 5.79. The van der Waals surface area contributed by atoms with Crippen molar-refractivity contribution in [3.63, 3.8) is 0 Å². The molecular formula is C16H26N2S. The van der Waals surface area contributed by atoms with E-state index in [0.717, 1.165) is 5.92 Å². The quantitative estimate of drug-likeness (QED) is 0.891. The second-order valence-electron chi connectivity index (χ2n) is 7.35. The molecule has 4 atom stereocenters. The van der Waals surface area contributed by atoms with E-state index in [1.165, 1.54) is 29.8 Å². The lowest BCUT2D eigenvalue weighted by Gasteiger charge is -2.40. The molecule has 2 aliphatic carbocycles. The van der Waals surface area contributed by atoms with Gasteiger partial charge in [0.05, 0.1) is 11.2 Å². The molecule has 2 nitrogen and oxygen atoms in total. The summed E-state index contributed by atoms with van der Waals surface area (Å²) >= 11 is 1.79. The zero-order chi connectivity index (χ0) is 13.8. The summed E-state index contributed by atoms with van der Waals surface area (Å²) in [7, 11) is 0. The minimum Gasteiger partial charge on any atom is -0.306 e. The molecule has 0 radical (unpaired) electrons. The lowest BCUT2D eigenvalue weighted by Crippen LogP contribution is -2.45. The van der Waals surface area contributed by atoms with Gasteiger partial charge in [-0.3, -0.25) is 0 Å². The van der Waals surface area contributed by atoms with E-state index in [1.54, 1.807) is 11.3 Å². The zero-order valence-electron chi connectivity index (χ0n) is 12.8. The Bertz CT molecular complexity index is 479. The molecule has 2 fully saturated rings. The maximum atomic E-state index is 4.38. The van der Waals surface area contributed by atoms with Gasteiger partial charge in [-0.05, 0) is 49.9 Å². The van der Waals surface area contributed by atoms with Crippen molar-refractivity contribution in [2.24, 2.45) is 16.7 Å². The minimum atomic E-state index is 0.435. The van der Waals surface area contributed by atoms with E-state index in [4.69, 9.17) is 0 Å². The second-order valence-corrected chi connectivity index (χ2v) is 8.24. The van der Waals surface area contributed by atoms with E-state index in [2.05, 4.69) is 44.9 Å². The molecule has 1 aromatic heterocycles. The molecule has 1 aromatic rings. The Hall–Kier alpha value is -0.410. The van der Waals surface area contributed by atoms with E-state index >= 15 is 0 Å². The van der Waals surface area contributed by atoms with Crippen LogP contribution in [-0.4, -0.2) is 11.0 Å². The molecule has 0 saturated heterocycles. The molecule has 2 bridgehead atoms. The van der Waals surface area contributed by atoms with Crippen molar-refractivity contribution in [3.05, 3.63) is 16.1 Å². The first-order valence-corrected chi connectivity index (χ1v) is 8.40. The normalized spacial score (nSPS) is 37.7. The van der Waals surface area contributed by atoms with Crippen molar-refractivity contribution >= 4 is 11.3 Å². The predicted molar refractivity (Wildman–Crippen MR) is 81.4 cm³/mol. The number of thiazole rings is 1. The molecular weight excluding hydrogens is 252 g/mol. The van der Waals surface area contributed by atoms with Gasteiger partial charge in [-0.1, -0.05) is 20.8 Å². The van der Waals surface area contributed by atoms with Crippen molar-refractivity contribution in [1.82, 2.24) is 10.3 Å². The molecule has 3 rings (SSSR count). The highest BCUT2D eigenvalue weighted by Crippen LogP contribution is 2.65. The van der Waals surface area contributed by atoms with Crippen LogP contribution in [0.3, 0.4) is 0 Å². The van der Waals surface area contributed by atoms with Crippen LogP contribution in [0, 0.1) is 23.7 Å². The van der Waals surface area contributed by atoms with Crippen molar-refractivity contribution in [2.75, 3.05) is 0 Å². The van der Waals surface area contributed by atoms with Gasteiger partial charge in [-0.15, -0.1) is 11.3 Å². The number of aryl methyl sites for hydroxylation is 1. The van der Waals surface area contributed by atoms with Gasteiger partial charge in [0.2, 0.25) is 0 Å². The number of nitrogens with zero attached hydrogens (tertiary/aromatic N) is 1. The number of hydrogen-bond donors (Lipinski definition) is 1. The third-order valence-electron chi connectivity index (χ3n) is 6.42. The maximum Gasteiger partial charge on any atom is 0.0798 e. The van der Waals surface area contributed by atoms with Gasteiger partial charge in [-0.2, -0.15) is 0 Å². The van der Waals surface area contributed by atoms with Crippen LogP contribution in [0.4, 0.5) is 0 Å². The lowest BCUT2D eigenvalue weighted by molar-refractivity contribution is 0.116. The van der Waals surface area contributed by atoms with E-state index in [-0.39, 0.29) is 0 Å². The Labute approximate surface area is 121 Å². The fourth-order valence-electron chi connectivity index (χ4n) is 4.56. The van der Waals surface area contributed by atoms with E-state index in [1.807, 2.05) is 5.51 Å². The molecule has 0 aromatic carbocycles. The van der Waals surface area contributed by atoms with Crippen LogP contribution >= 0.6 is 11.3 Å². The van der Waals surface area contributed by atoms with Crippen molar-refractivity contribution in [1.29, 1.82) is 0 Å². The summed E-state index contributed by atoms with van der Waals surface area (Å²) in [5, 5.41) is 3.92. The summed E-state index contributed by atoms with van der Waals surface area (Å²) in [6.07, 6.45) is 4.16. The van der Waals surface area contributed by atoms with Gasteiger partial charge >= 0.3 is 0 Å². The van der Waals surface area contributed by atoms with Gasteiger partial charge in [0.15, 0.2) is 0 Å². The third kappa shape index (κ3) is 1.81. The van der Waals surface area contributed by atoms with Gasteiger partial charge in [0.1, 0.15) is 0 Å². The number of nitrogens with one attached hydrogen (secondary N) is 1. The molecule has 2 saturated carbocycles. The van der Waals surface area contributed by atoms with Crippen molar-refractivity contribution in [3.8, 4) is 0 Å². The second kappa shape index (κ2) is 4.29. The Morgan fingerprint density at radius 1 is 1.42 bits per heavy atom. The molecule has 0 spiro atoms. The fourth-order valence-corrected chi connectivity index (χ4v) is 5.38. The van der Waals surface area contributed by atoms with Crippen LogP contribution in [0.1, 0.15) is 63.6 Å². The van der Waals surface area contributed by atoms with Crippen LogP contribution in [0.25, 0.3) is 0 Å². The van der Waals surface area contributed by atoms with Gasteiger partial charge < -0.3 is 5.32 Å². The van der Waals surface area contributed by atoms with Crippen LogP contribution in [0.5, 0.6) is 0 Å². The Kier molecular flexibility index (Phi) is 3.06. The fraction of sp³-hybridized carbons (Fsp3) is 0.812. The Morgan fingerprint density at radius 2 is 2.16 bits per heavy atom. The first-order valence-electron chi connectivity index (χ1n) is 7.52. The van der Waals surface area contributed by atoms with Gasteiger partial charge in [0.25, 0.3) is 0 Å². The molecule has 1 N–H and O–H groups in total. The summed E-state index contributed by atoms with van der Waals surface area (Å²) in [6, 6.07) is 1.10. The molecule has 3 heteroatoms. The van der Waals surface area contributed by atoms with Crippen LogP contribution in [0.2, 0.25) is 0 Å². The van der Waals surface area contributed by atoms with Crippen LogP contribution in [0.15, 0.2) is 5.51 Å². The smallest absolute Gasteiger partial charge is 0.0798 e. The largest absolute Gasteiger partial charge is 0.306 e. The molecule has 106 valence electrons. The molecule has 19 heavy (non-hydrogen) atoms. The Morgan fingerprint density at radius 3 is 2.63 bits per heavy atom. The van der Waals surface area contributed by atoms with Gasteiger partial charge in [-0.25, -0.2) is 4.98 Å². The molecule has 2 aliphatic rings. The zero-order valence-corrected chi connectivity index (χ0v) is 13.6. The highest BCUT2D eigenvalue weighted by molar-refractivity contribution is 7.09. The third-order valence-corrected chi connectivity index (χ3v) is 7.53. The average molecular weight is 278 g/mol. The van der Waals surface area contributed by atoms with E-state index in [9.17, 15) is 0 Å². The Balaban J connectivity index is 1.77. The molecule has 4 unspecified atom stereocenters. The first-order chi connectivity index (χ1) is 8.86. The summed E-state index contributed by atoms with van der Waals surface area (Å²) in [5.74, 6) is 0.907. The molecule has 1 heterocycles. The van der Waals surface area contributed by atoms with Crippen LogP contribution in [-0.2, 0) is 0 Å². The van der Waals surface area contributed by atoms with Crippen LogP contribution < -0.4 is 5.32 Å². The average Bonchev–Trinajstić information content (AvgIpc) is 2.90. The highest BCUT2D eigenvalue weighted by atomic mass is 32.1. The number of fused-ring (bicyclic) bond motifs is 2. The topological polar surface area (TPSA) is 24.9 Å². The number of hydrogen-bond acceptors (Lipinski definition) is 3. The van der Waals surface area contributed by atoms with Gasteiger partial charge in [0, 0.05) is 17.0 Å². The summed E-state index contributed by atoms with van der Waals surface area (Å²) in [6.45, 7) is 11.9. The van der Waals surface area contributed by atoms with E-state index < -0.39 is 0 Å². The SMILES string of the molecule is Cc1ncsc1C(C)NC1CC2CCC1(C)C2(C)C. The predicted octanol–water partition coefficient (Wildman–Crippen LogP) is 4.32. The van der Waals surface area contributed by atoms with Crippen molar-refractivity contribution < 1.29 is 0 Å².